The van der Waals surface area contributed by atoms with Gasteiger partial charge in [0, 0.05) is 9.77 Å². The Hall–Kier alpha value is -0.360. The van der Waals surface area contributed by atoms with Crippen molar-refractivity contribution in [3.63, 3.8) is 0 Å². The standard InChI is InChI=1S/C10H7BrINO/c1-5-2-3-7(12)8-9(5)13-4-6(11)10(8)14/h2-4H,1H3,(H,13,14). The minimum atomic E-state index is 0.0480. The summed E-state index contributed by atoms with van der Waals surface area (Å²) in [4.78, 5) is 14.9. The smallest absolute Gasteiger partial charge is 0.204 e. The second-order valence-electron chi connectivity index (χ2n) is 3.08. The van der Waals surface area contributed by atoms with Crippen molar-refractivity contribution in [3.05, 3.63) is 42.2 Å². The molecule has 1 aromatic carbocycles. The minimum Gasteiger partial charge on any atom is -0.360 e. The predicted octanol–water partition coefficient (Wildman–Crippen LogP) is 3.20. The van der Waals surface area contributed by atoms with Gasteiger partial charge in [0.05, 0.1) is 15.4 Å². The van der Waals surface area contributed by atoms with Crippen LogP contribution in [0.4, 0.5) is 0 Å². The zero-order valence-electron chi connectivity index (χ0n) is 7.40. The maximum absolute atomic E-state index is 11.8. The molecule has 14 heavy (non-hydrogen) atoms. The Bertz CT molecular complexity index is 562. The lowest BCUT2D eigenvalue weighted by atomic mass is 10.1. The van der Waals surface area contributed by atoms with Gasteiger partial charge in [0.2, 0.25) is 5.43 Å². The van der Waals surface area contributed by atoms with Gasteiger partial charge in [-0.05, 0) is 57.1 Å². The second-order valence-corrected chi connectivity index (χ2v) is 5.10. The monoisotopic (exact) mass is 363 g/mol. The van der Waals surface area contributed by atoms with E-state index in [9.17, 15) is 4.79 Å². The third-order valence-electron chi connectivity index (χ3n) is 2.15. The molecule has 0 aliphatic rings. The topological polar surface area (TPSA) is 32.9 Å². The number of pyridine rings is 1. The molecule has 0 spiro atoms. The first-order chi connectivity index (χ1) is 6.61. The molecule has 0 amide bonds. The Morgan fingerprint density at radius 1 is 1.43 bits per heavy atom. The van der Waals surface area contributed by atoms with E-state index in [4.69, 9.17) is 0 Å². The second kappa shape index (κ2) is 3.66. The summed E-state index contributed by atoms with van der Waals surface area (Å²) in [5, 5.41) is 0.764. The first kappa shape index (κ1) is 10.2. The number of hydrogen-bond acceptors (Lipinski definition) is 1. The molecule has 72 valence electrons. The van der Waals surface area contributed by atoms with Crippen molar-refractivity contribution < 1.29 is 0 Å². The summed E-state index contributed by atoms with van der Waals surface area (Å²) in [5.41, 5.74) is 2.06. The molecule has 0 saturated heterocycles. The van der Waals surface area contributed by atoms with Crippen molar-refractivity contribution in [3.8, 4) is 0 Å². The summed E-state index contributed by atoms with van der Waals surface area (Å²) in [7, 11) is 0. The van der Waals surface area contributed by atoms with Gasteiger partial charge < -0.3 is 4.98 Å². The highest BCUT2D eigenvalue weighted by Crippen LogP contribution is 2.20. The van der Waals surface area contributed by atoms with Gasteiger partial charge >= 0.3 is 0 Å². The van der Waals surface area contributed by atoms with Crippen LogP contribution in [0.3, 0.4) is 0 Å². The van der Waals surface area contributed by atoms with Crippen molar-refractivity contribution >= 4 is 49.4 Å². The van der Waals surface area contributed by atoms with E-state index in [1.807, 2.05) is 19.1 Å². The van der Waals surface area contributed by atoms with E-state index < -0.39 is 0 Å². The van der Waals surface area contributed by atoms with Crippen LogP contribution in [0.25, 0.3) is 10.9 Å². The Morgan fingerprint density at radius 3 is 2.86 bits per heavy atom. The quantitative estimate of drug-likeness (QED) is 0.716. The molecule has 0 bridgehead atoms. The van der Waals surface area contributed by atoms with E-state index in [1.54, 1.807) is 6.20 Å². The van der Waals surface area contributed by atoms with E-state index in [0.29, 0.717) is 4.47 Å². The Morgan fingerprint density at radius 2 is 2.14 bits per heavy atom. The molecular weight excluding hydrogens is 357 g/mol. The Balaban J connectivity index is 3.09. The zero-order valence-corrected chi connectivity index (χ0v) is 11.1. The van der Waals surface area contributed by atoms with Gasteiger partial charge in [-0.1, -0.05) is 6.07 Å². The lowest BCUT2D eigenvalue weighted by Crippen LogP contribution is -2.06. The van der Waals surface area contributed by atoms with E-state index >= 15 is 0 Å². The van der Waals surface area contributed by atoms with Crippen LogP contribution in [0.5, 0.6) is 0 Å². The number of H-pyrrole nitrogens is 1. The summed E-state index contributed by atoms with van der Waals surface area (Å²) < 4.78 is 1.55. The minimum absolute atomic E-state index is 0.0480. The number of aromatic amines is 1. The lowest BCUT2D eigenvalue weighted by molar-refractivity contribution is 1.32. The first-order valence-corrected chi connectivity index (χ1v) is 5.94. The average Bonchev–Trinajstić information content (AvgIpc) is 2.16. The molecule has 0 atom stereocenters. The fourth-order valence-electron chi connectivity index (χ4n) is 1.41. The summed E-state index contributed by atoms with van der Waals surface area (Å²) >= 11 is 5.40. The third-order valence-corrected chi connectivity index (χ3v) is 3.64. The van der Waals surface area contributed by atoms with Crippen molar-refractivity contribution in [2.45, 2.75) is 6.92 Å². The van der Waals surface area contributed by atoms with E-state index in [1.165, 1.54) is 0 Å². The van der Waals surface area contributed by atoms with Gasteiger partial charge in [0.15, 0.2) is 0 Å². The van der Waals surface area contributed by atoms with Gasteiger partial charge in [-0.15, -0.1) is 0 Å². The maximum Gasteiger partial charge on any atom is 0.204 e. The van der Waals surface area contributed by atoms with Gasteiger partial charge in [0.25, 0.3) is 0 Å². The molecule has 0 radical (unpaired) electrons. The number of nitrogens with one attached hydrogen (secondary N) is 1. The van der Waals surface area contributed by atoms with Gasteiger partial charge in [-0.25, -0.2) is 0 Å². The van der Waals surface area contributed by atoms with Gasteiger partial charge in [-0.2, -0.15) is 0 Å². The van der Waals surface area contributed by atoms with E-state index in [0.717, 1.165) is 20.0 Å². The van der Waals surface area contributed by atoms with Crippen LogP contribution >= 0.6 is 38.5 Å². The molecule has 0 saturated carbocycles. The predicted molar refractivity (Wildman–Crippen MR) is 69.7 cm³/mol. The van der Waals surface area contributed by atoms with Crippen molar-refractivity contribution in [2.75, 3.05) is 0 Å². The fourth-order valence-corrected chi connectivity index (χ4v) is 2.42. The lowest BCUT2D eigenvalue weighted by Gasteiger charge is -2.03. The van der Waals surface area contributed by atoms with Crippen LogP contribution in [0.15, 0.2) is 27.6 Å². The molecule has 0 fully saturated rings. The SMILES string of the molecule is Cc1ccc(I)c2c(=O)c(Br)c[nH]c12. The summed E-state index contributed by atoms with van der Waals surface area (Å²) in [6.45, 7) is 1.99. The van der Waals surface area contributed by atoms with Gasteiger partial charge in [-0.3, -0.25) is 4.79 Å². The number of hydrogen-bond donors (Lipinski definition) is 1. The van der Waals surface area contributed by atoms with E-state index in [-0.39, 0.29) is 5.43 Å². The number of fused-ring (bicyclic) bond motifs is 1. The third kappa shape index (κ3) is 1.50. The molecule has 2 nitrogen and oxygen atoms in total. The normalized spacial score (nSPS) is 10.8. The molecule has 0 aliphatic heterocycles. The largest absolute Gasteiger partial charge is 0.360 e. The van der Waals surface area contributed by atoms with Crippen LogP contribution < -0.4 is 5.43 Å². The van der Waals surface area contributed by atoms with E-state index in [2.05, 4.69) is 43.5 Å². The van der Waals surface area contributed by atoms with Crippen LogP contribution in [0.2, 0.25) is 0 Å². The Kier molecular flexibility index (Phi) is 2.66. The van der Waals surface area contributed by atoms with Crippen molar-refractivity contribution in [2.24, 2.45) is 0 Å². The van der Waals surface area contributed by atoms with Crippen LogP contribution in [-0.2, 0) is 0 Å². The zero-order chi connectivity index (χ0) is 10.3. The number of aromatic nitrogens is 1. The van der Waals surface area contributed by atoms with Gasteiger partial charge in [0.1, 0.15) is 0 Å². The molecule has 1 aromatic heterocycles. The average molecular weight is 364 g/mol. The highest BCUT2D eigenvalue weighted by molar-refractivity contribution is 14.1. The molecule has 1 heterocycles. The van der Waals surface area contributed by atoms with Crippen LogP contribution in [-0.4, -0.2) is 4.98 Å². The molecule has 0 unspecified atom stereocenters. The summed E-state index contributed by atoms with van der Waals surface area (Å²) in [6, 6.07) is 3.97. The molecule has 2 rings (SSSR count). The number of aryl methyl sites for hydroxylation is 1. The molecule has 1 N–H and O–H groups in total. The number of benzene rings is 1. The fraction of sp³-hybridized carbons (Fsp3) is 0.100. The summed E-state index contributed by atoms with van der Waals surface area (Å²) in [5.74, 6) is 0. The number of rotatable bonds is 0. The molecule has 0 aliphatic carbocycles. The highest BCUT2D eigenvalue weighted by atomic mass is 127. The van der Waals surface area contributed by atoms with Crippen molar-refractivity contribution in [1.82, 2.24) is 4.98 Å². The summed E-state index contributed by atoms with van der Waals surface area (Å²) in [6.07, 6.45) is 1.69. The molecular formula is C10H7BrINO. The Labute approximate surface area is 103 Å². The van der Waals surface area contributed by atoms with Crippen LogP contribution in [0, 0.1) is 10.5 Å². The number of halogens is 2. The first-order valence-electron chi connectivity index (χ1n) is 4.07. The molecule has 2 aromatic rings. The highest BCUT2D eigenvalue weighted by Gasteiger charge is 2.07. The maximum atomic E-state index is 11.8. The van der Waals surface area contributed by atoms with Crippen molar-refractivity contribution in [1.29, 1.82) is 0 Å². The molecule has 4 heteroatoms. The van der Waals surface area contributed by atoms with Crippen LogP contribution in [0.1, 0.15) is 5.56 Å².